The van der Waals surface area contributed by atoms with Crippen molar-refractivity contribution in [3.05, 3.63) is 64.9 Å². The zero-order chi connectivity index (χ0) is 17.1. The first-order chi connectivity index (χ1) is 12.3. The summed E-state index contributed by atoms with van der Waals surface area (Å²) in [4.78, 5) is 13.2. The van der Waals surface area contributed by atoms with Crippen LogP contribution in [0.3, 0.4) is 0 Å². The van der Waals surface area contributed by atoms with E-state index in [1.165, 1.54) is 4.88 Å². The average molecular weight is 351 g/mol. The largest absolute Gasteiger partial charge is 0.484 e. The number of furan rings is 1. The topological polar surface area (TPSA) is 51.5 Å². The van der Waals surface area contributed by atoms with Gasteiger partial charge in [0.25, 0.3) is 5.91 Å². The molecule has 1 amide bonds. The lowest BCUT2D eigenvalue weighted by atomic mass is 10.1. The van der Waals surface area contributed by atoms with E-state index in [1.54, 1.807) is 11.3 Å². The van der Waals surface area contributed by atoms with E-state index in [0.29, 0.717) is 12.3 Å². The molecule has 0 radical (unpaired) electrons. The number of rotatable bonds is 6. The minimum absolute atomic E-state index is 0.00569. The van der Waals surface area contributed by atoms with Crippen LogP contribution in [0.5, 0.6) is 5.75 Å². The van der Waals surface area contributed by atoms with Gasteiger partial charge in [0.2, 0.25) is 0 Å². The zero-order valence-corrected chi connectivity index (χ0v) is 14.3. The zero-order valence-electron chi connectivity index (χ0n) is 13.5. The van der Waals surface area contributed by atoms with Crippen LogP contribution in [0.25, 0.3) is 21.9 Å². The number of hydrogen-bond acceptors (Lipinski definition) is 4. The second-order valence-electron chi connectivity index (χ2n) is 5.72. The van der Waals surface area contributed by atoms with Gasteiger partial charge in [-0.2, -0.15) is 0 Å². The van der Waals surface area contributed by atoms with E-state index in [-0.39, 0.29) is 12.5 Å². The molecule has 1 N–H and O–H groups in total. The van der Waals surface area contributed by atoms with Gasteiger partial charge in [-0.3, -0.25) is 4.79 Å². The van der Waals surface area contributed by atoms with Crippen molar-refractivity contribution in [3.63, 3.8) is 0 Å². The Hall–Kier alpha value is -2.79. The minimum atomic E-state index is -0.117. The Morgan fingerprint density at radius 3 is 2.80 bits per heavy atom. The van der Waals surface area contributed by atoms with Gasteiger partial charge in [-0.1, -0.05) is 24.3 Å². The van der Waals surface area contributed by atoms with Crippen LogP contribution in [0.2, 0.25) is 0 Å². The highest BCUT2D eigenvalue weighted by molar-refractivity contribution is 7.09. The maximum absolute atomic E-state index is 11.9. The van der Waals surface area contributed by atoms with E-state index >= 15 is 0 Å². The fourth-order valence-corrected chi connectivity index (χ4v) is 3.48. The minimum Gasteiger partial charge on any atom is -0.484 e. The number of carbonyl (C=O) groups excluding carboxylic acids is 1. The highest BCUT2D eigenvalue weighted by Gasteiger charge is 2.08. The number of benzene rings is 2. The number of hydrogen-bond donors (Lipinski definition) is 1. The molecule has 126 valence electrons. The summed E-state index contributed by atoms with van der Waals surface area (Å²) in [6.45, 7) is 0.625. The van der Waals surface area contributed by atoms with Gasteiger partial charge >= 0.3 is 0 Å². The van der Waals surface area contributed by atoms with Crippen molar-refractivity contribution in [3.8, 4) is 5.75 Å². The van der Waals surface area contributed by atoms with E-state index in [0.717, 1.165) is 28.4 Å². The Labute approximate surface area is 149 Å². The van der Waals surface area contributed by atoms with E-state index in [1.807, 2.05) is 53.9 Å². The summed E-state index contributed by atoms with van der Waals surface area (Å²) in [6, 6.07) is 17.6. The average Bonchev–Trinajstić information content (AvgIpc) is 3.27. The third kappa shape index (κ3) is 3.51. The lowest BCUT2D eigenvalue weighted by molar-refractivity contribution is -0.123. The van der Waals surface area contributed by atoms with Gasteiger partial charge in [-0.25, -0.2) is 0 Å². The third-order valence-electron chi connectivity index (χ3n) is 3.99. The summed E-state index contributed by atoms with van der Waals surface area (Å²) in [5, 5.41) is 6.95. The molecule has 5 heteroatoms. The molecule has 0 spiro atoms. The van der Waals surface area contributed by atoms with Crippen LogP contribution in [-0.4, -0.2) is 19.1 Å². The number of thiophene rings is 1. The predicted molar refractivity (Wildman–Crippen MR) is 100 cm³/mol. The number of amides is 1. The molecule has 4 rings (SSSR count). The standard InChI is InChI=1S/C20H17NO3S/c22-20(21-10-9-15-4-3-11-25-15)13-23-14-7-8-19-17(12-14)16-5-1-2-6-18(16)24-19/h1-8,11-12H,9-10,13H2,(H,21,22). The van der Waals surface area contributed by atoms with Crippen LogP contribution in [0, 0.1) is 0 Å². The van der Waals surface area contributed by atoms with Crippen molar-refractivity contribution in [1.82, 2.24) is 5.32 Å². The Morgan fingerprint density at radius 2 is 1.92 bits per heavy atom. The van der Waals surface area contributed by atoms with Crippen molar-refractivity contribution < 1.29 is 13.9 Å². The summed E-state index contributed by atoms with van der Waals surface area (Å²) in [6.07, 6.45) is 0.844. The fraction of sp³-hybridized carbons (Fsp3) is 0.150. The van der Waals surface area contributed by atoms with Crippen LogP contribution in [-0.2, 0) is 11.2 Å². The second-order valence-corrected chi connectivity index (χ2v) is 6.76. The SMILES string of the molecule is O=C(COc1ccc2oc3ccccc3c2c1)NCCc1cccs1. The van der Waals surface area contributed by atoms with Crippen LogP contribution in [0.4, 0.5) is 0 Å². The molecule has 4 nitrogen and oxygen atoms in total. The number of para-hydroxylation sites is 1. The molecule has 0 aliphatic carbocycles. The van der Waals surface area contributed by atoms with Crippen LogP contribution in [0.15, 0.2) is 64.4 Å². The number of nitrogens with one attached hydrogen (secondary N) is 1. The second kappa shape index (κ2) is 6.99. The first-order valence-corrected chi connectivity index (χ1v) is 9.01. The van der Waals surface area contributed by atoms with Gasteiger partial charge in [-0.15, -0.1) is 11.3 Å². The summed E-state index contributed by atoms with van der Waals surface area (Å²) in [5.41, 5.74) is 1.66. The summed E-state index contributed by atoms with van der Waals surface area (Å²) in [7, 11) is 0. The molecular weight excluding hydrogens is 334 g/mol. The van der Waals surface area contributed by atoms with Gasteiger partial charge in [0, 0.05) is 22.2 Å². The maximum atomic E-state index is 11.9. The maximum Gasteiger partial charge on any atom is 0.257 e. The number of carbonyl (C=O) groups is 1. The molecule has 25 heavy (non-hydrogen) atoms. The highest BCUT2D eigenvalue weighted by Crippen LogP contribution is 2.31. The van der Waals surface area contributed by atoms with Crippen molar-refractivity contribution in [1.29, 1.82) is 0 Å². The molecule has 2 heterocycles. The lowest BCUT2D eigenvalue weighted by Gasteiger charge is -2.07. The summed E-state index contributed by atoms with van der Waals surface area (Å²) >= 11 is 1.70. The molecule has 0 atom stereocenters. The van der Waals surface area contributed by atoms with Crippen molar-refractivity contribution in [2.24, 2.45) is 0 Å². The first-order valence-electron chi connectivity index (χ1n) is 8.13. The molecule has 0 aliphatic heterocycles. The van der Waals surface area contributed by atoms with Gasteiger partial charge in [0.1, 0.15) is 16.9 Å². The van der Waals surface area contributed by atoms with E-state index in [4.69, 9.17) is 9.15 Å². The Morgan fingerprint density at radius 1 is 1.04 bits per heavy atom. The molecule has 0 unspecified atom stereocenters. The van der Waals surface area contributed by atoms with Crippen molar-refractivity contribution >= 4 is 39.2 Å². The van der Waals surface area contributed by atoms with Gasteiger partial charge in [0.05, 0.1) is 0 Å². The Kier molecular flexibility index (Phi) is 4.39. The fourth-order valence-electron chi connectivity index (χ4n) is 2.77. The van der Waals surface area contributed by atoms with Crippen LogP contribution in [0.1, 0.15) is 4.88 Å². The molecule has 2 aromatic carbocycles. The first kappa shape index (κ1) is 15.7. The molecule has 0 saturated carbocycles. The Balaban J connectivity index is 1.37. The van der Waals surface area contributed by atoms with Crippen molar-refractivity contribution in [2.75, 3.05) is 13.2 Å². The molecule has 2 aromatic heterocycles. The van der Waals surface area contributed by atoms with Crippen LogP contribution < -0.4 is 10.1 Å². The summed E-state index contributed by atoms with van der Waals surface area (Å²) < 4.78 is 11.4. The van der Waals surface area contributed by atoms with Gasteiger partial charge in [-0.05, 0) is 42.1 Å². The predicted octanol–water partition coefficient (Wildman–Crippen LogP) is 4.39. The highest BCUT2D eigenvalue weighted by atomic mass is 32.1. The molecule has 0 fully saturated rings. The number of ether oxygens (including phenoxy) is 1. The van der Waals surface area contributed by atoms with E-state index < -0.39 is 0 Å². The number of fused-ring (bicyclic) bond motifs is 3. The molecule has 4 aromatic rings. The van der Waals surface area contributed by atoms with Crippen molar-refractivity contribution in [2.45, 2.75) is 6.42 Å². The monoisotopic (exact) mass is 351 g/mol. The molecule has 0 bridgehead atoms. The smallest absolute Gasteiger partial charge is 0.257 e. The van der Waals surface area contributed by atoms with Crippen LogP contribution >= 0.6 is 11.3 Å². The normalized spacial score (nSPS) is 11.0. The van der Waals surface area contributed by atoms with Gasteiger partial charge in [0.15, 0.2) is 6.61 Å². The Bertz CT molecular complexity index is 1000. The summed E-state index contributed by atoms with van der Waals surface area (Å²) in [5.74, 6) is 0.543. The molecule has 0 aliphatic rings. The van der Waals surface area contributed by atoms with E-state index in [2.05, 4.69) is 11.4 Å². The molecule has 0 saturated heterocycles. The molecular formula is C20H17NO3S. The third-order valence-corrected chi connectivity index (χ3v) is 4.93. The quantitative estimate of drug-likeness (QED) is 0.561. The van der Waals surface area contributed by atoms with E-state index in [9.17, 15) is 4.79 Å². The van der Waals surface area contributed by atoms with Gasteiger partial charge < -0.3 is 14.5 Å². The lowest BCUT2D eigenvalue weighted by Crippen LogP contribution is -2.30.